The highest BCUT2D eigenvalue weighted by atomic mass is 16.2. The Bertz CT molecular complexity index is 1210. The lowest BCUT2D eigenvalue weighted by atomic mass is 9.96. The molecule has 0 radical (unpaired) electrons. The number of hydrogen-bond donors (Lipinski definition) is 11. The number of nitrogens with one attached hydrogen (secondary N) is 6. The summed E-state index contributed by atoms with van der Waals surface area (Å²) >= 11 is 0. The predicted molar refractivity (Wildman–Crippen MR) is 217 cm³/mol. The third-order valence-corrected chi connectivity index (χ3v) is 9.99. The Balaban J connectivity index is 6.39. The molecule has 0 bridgehead atoms. The first-order chi connectivity index (χ1) is 26.6. The summed E-state index contributed by atoms with van der Waals surface area (Å²) in [4.78, 5) is 92.7. The number of hydrogen-bond acceptors (Lipinski definition) is 11. The van der Waals surface area contributed by atoms with E-state index in [0.717, 1.165) is 0 Å². The molecule has 16 N–H and O–H groups in total. The maximum Gasteiger partial charge on any atom is 0.243 e. The predicted octanol–water partition coefficient (Wildman–Crippen LogP) is -0.991. The molecule has 0 aromatic heterocycles. The van der Waals surface area contributed by atoms with Crippen molar-refractivity contribution in [3.8, 4) is 0 Å². The van der Waals surface area contributed by atoms with Gasteiger partial charge in [-0.2, -0.15) is 0 Å². The van der Waals surface area contributed by atoms with Crippen LogP contribution in [0.3, 0.4) is 0 Å². The Labute approximate surface area is 333 Å². The highest BCUT2D eigenvalue weighted by molar-refractivity contribution is 5.97. The zero-order valence-electron chi connectivity index (χ0n) is 34.6. The molecule has 18 heteroatoms. The molecule has 0 aromatic carbocycles. The summed E-state index contributed by atoms with van der Waals surface area (Å²) in [5.74, 6) is -4.71. The topological polar surface area (TPSA) is 322 Å². The first-order valence-corrected chi connectivity index (χ1v) is 20.5. The van der Waals surface area contributed by atoms with Gasteiger partial charge in [0.15, 0.2) is 0 Å². The van der Waals surface area contributed by atoms with E-state index in [-0.39, 0.29) is 31.1 Å². The molecule has 0 saturated heterocycles. The molecule has 8 atom stereocenters. The Morgan fingerprint density at radius 2 is 0.714 bits per heavy atom. The number of amides is 7. The molecule has 0 rings (SSSR count). The summed E-state index contributed by atoms with van der Waals surface area (Å²) < 4.78 is 0. The van der Waals surface area contributed by atoms with Gasteiger partial charge >= 0.3 is 0 Å². The first kappa shape index (κ1) is 52.1. The van der Waals surface area contributed by atoms with Crippen LogP contribution in [-0.2, 0) is 33.6 Å². The number of carbonyl (C=O) groups is 7. The standard InChI is InChI=1S/C38H75N11O7/c1-6-24(3)31(33(43)51)48-36(54)30(19-11-15-23-42)47-38(56)32(25(4)7-2)49-37(55)29(18-10-14-22-41)46-35(53)28(17-9-13-21-40)45-34(52)27(44-26(5)50)16-8-12-20-39/h24-25,27-32H,6-23,39-42H2,1-5H3,(H2,43,51)(H,44,50)(H,45,52)(H,46,53)(H,47,56)(H,48,54)(H,49,55)/t24-,25-,27-,28-,29-,30-,31-,32-/m0/s1. The monoisotopic (exact) mass is 798 g/mol. The van der Waals surface area contributed by atoms with Crippen LogP contribution in [0.5, 0.6) is 0 Å². The van der Waals surface area contributed by atoms with Gasteiger partial charge in [0.2, 0.25) is 41.4 Å². The van der Waals surface area contributed by atoms with Gasteiger partial charge in [-0.25, -0.2) is 0 Å². The van der Waals surface area contributed by atoms with E-state index < -0.39 is 77.6 Å². The van der Waals surface area contributed by atoms with Crippen molar-refractivity contribution in [3.05, 3.63) is 0 Å². The summed E-state index contributed by atoms with van der Waals surface area (Å²) in [5.41, 5.74) is 28.3. The van der Waals surface area contributed by atoms with Crippen LogP contribution in [0.1, 0.15) is 125 Å². The SMILES string of the molecule is CC[C@H](C)[C@H](NC(=O)[C@H](CCCCN)NC(=O)[C@@H](NC(=O)[C@H](CCCCN)NC(=O)[C@H](CCCCN)NC(=O)[C@H](CCCCN)NC(C)=O)[C@@H](C)CC)C(N)=O. The van der Waals surface area contributed by atoms with Crippen LogP contribution in [0, 0.1) is 11.8 Å². The van der Waals surface area contributed by atoms with Crippen molar-refractivity contribution in [3.63, 3.8) is 0 Å². The van der Waals surface area contributed by atoms with Crippen LogP contribution in [0.4, 0.5) is 0 Å². The van der Waals surface area contributed by atoms with Gasteiger partial charge in [-0.05, 0) is 115 Å². The molecule has 0 fully saturated rings. The molecule has 0 aliphatic rings. The van der Waals surface area contributed by atoms with Crippen molar-refractivity contribution >= 4 is 41.4 Å². The molecule has 0 aliphatic carbocycles. The number of carbonyl (C=O) groups excluding carboxylic acids is 7. The summed E-state index contributed by atoms with van der Waals surface area (Å²) in [5, 5.41) is 16.5. The van der Waals surface area contributed by atoms with Gasteiger partial charge in [0.1, 0.15) is 36.3 Å². The third kappa shape index (κ3) is 20.9. The summed E-state index contributed by atoms with van der Waals surface area (Å²) in [6.45, 7) is 10.1. The van der Waals surface area contributed by atoms with Crippen LogP contribution < -0.4 is 60.6 Å². The van der Waals surface area contributed by atoms with Gasteiger partial charge < -0.3 is 60.6 Å². The maximum absolute atomic E-state index is 14.0. The van der Waals surface area contributed by atoms with E-state index in [4.69, 9.17) is 28.7 Å². The van der Waals surface area contributed by atoms with E-state index in [0.29, 0.717) is 96.8 Å². The minimum atomic E-state index is -1.10. The van der Waals surface area contributed by atoms with Crippen molar-refractivity contribution in [2.75, 3.05) is 26.2 Å². The van der Waals surface area contributed by atoms with E-state index in [1.807, 2.05) is 13.8 Å². The largest absolute Gasteiger partial charge is 0.368 e. The quantitative estimate of drug-likeness (QED) is 0.0367. The molecule has 7 amide bonds. The Morgan fingerprint density at radius 1 is 0.429 bits per heavy atom. The lowest BCUT2D eigenvalue weighted by Crippen LogP contribution is -2.61. The van der Waals surface area contributed by atoms with Crippen molar-refractivity contribution in [1.82, 2.24) is 31.9 Å². The molecule has 324 valence electrons. The fourth-order valence-corrected chi connectivity index (χ4v) is 6.04. The van der Waals surface area contributed by atoms with Gasteiger partial charge in [-0.1, -0.05) is 40.5 Å². The van der Waals surface area contributed by atoms with Gasteiger partial charge in [0.25, 0.3) is 0 Å². The highest BCUT2D eigenvalue weighted by Crippen LogP contribution is 2.14. The van der Waals surface area contributed by atoms with E-state index in [1.165, 1.54) is 6.92 Å². The maximum atomic E-state index is 14.0. The van der Waals surface area contributed by atoms with Gasteiger partial charge in [-0.15, -0.1) is 0 Å². The van der Waals surface area contributed by atoms with Crippen LogP contribution in [0.25, 0.3) is 0 Å². The normalized spacial score (nSPS) is 15.4. The fraction of sp³-hybridized carbons (Fsp3) is 0.816. The van der Waals surface area contributed by atoms with Crippen LogP contribution in [0.2, 0.25) is 0 Å². The molecule has 0 heterocycles. The number of primary amides is 1. The van der Waals surface area contributed by atoms with E-state index >= 15 is 0 Å². The summed E-state index contributed by atoms with van der Waals surface area (Å²) in [6.07, 6.45) is 6.50. The number of rotatable bonds is 32. The molecule has 56 heavy (non-hydrogen) atoms. The number of nitrogens with two attached hydrogens (primary N) is 5. The van der Waals surface area contributed by atoms with E-state index in [1.54, 1.807) is 13.8 Å². The fourth-order valence-electron chi connectivity index (χ4n) is 6.04. The first-order valence-electron chi connectivity index (χ1n) is 20.5. The van der Waals surface area contributed by atoms with E-state index in [9.17, 15) is 33.6 Å². The van der Waals surface area contributed by atoms with Crippen molar-refractivity contribution in [1.29, 1.82) is 0 Å². The molecule has 0 unspecified atom stereocenters. The molecule has 0 aliphatic heterocycles. The molecular formula is C38H75N11O7. The molecule has 0 aromatic rings. The van der Waals surface area contributed by atoms with Gasteiger partial charge in [-0.3, -0.25) is 33.6 Å². The molecule has 18 nitrogen and oxygen atoms in total. The number of unbranched alkanes of at least 4 members (excludes halogenated alkanes) is 4. The second kappa shape index (κ2) is 30.3. The zero-order chi connectivity index (χ0) is 42.6. The van der Waals surface area contributed by atoms with Crippen molar-refractivity contribution < 1.29 is 33.6 Å². The second-order valence-corrected chi connectivity index (χ2v) is 14.7. The Morgan fingerprint density at radius 3 is 1.02 bits per heavy atom. The van der Waals surface area contributed by atoms with Crippen LogP contribution in [-0.4, -0.2) is 104 Å². The van der Waals surface area contributed by atoms with Gasteiger partial charge in [0, 0.05) is 6.92 Å². The average molecular weight is 798 g/mol. The molecule has 0 spiro atoms. The highest BCUT2D eigenvalue weighted by Gasteiger charge is 2.35. The van der Waals surface area contributed by atoms with Crippen molar-refractivity contribution in [2.45, 2.75) is 161 Å². The van der Waals surface area contributed by atoms with E-state index in [2.05, 4.69) is 31.9 Å². The minimum absolute atomic E-state index is 0.189. The van der Waals surface area contributed by atoms with Crippen LogP contribution in [0.15, 0.2) is 0 Å². The second-order valence-electron chi connectivity index (χ2n) is 14.7. The lowest BCUT2D eigenvalue weighted by Gasteiger charge is -2.30. The Hall–Kier alpha value is -3.87. The zero-order valence-corrected chi connectivity index (χ0v) is 34.6. The lowest BCUT2D eigenvalue weighted by molar-refractivity contribution is -0.136. The van der Waals surface area contributed by atoms with Gasteiger partial charge in [0.05, 0.1) is 0 Å². The third-order valence-electron chi connectivity index (χ3n) is 9.99. The summed E-state index contributed by atoms with van der Waals surface area (Å²) in [7, 11) is 0. The molecule has 0 saturated carbocycles. The summed E-state index contributed by atoms with van der Waals surface area (Å²) in [6, 6.07) is -6.13. The Kier molecular flexibility index (Phi) is 28.2. The average Bonchev–Trinajstić information content (AvgIpc) is 3.16. The smallest absolute Gasteiger partial charge is 0.243 e. The van der Waals surface area contributed by atoms with Crippen LogP contribution >= 0.6 is 0 Å². The minimum Gasteiger partial charge on any atom is -0.368 e. The van der Waals surface area contributed by atoms with Crippen molar-refractivity contribution in [2.24, 2.45) is 40.5 Å². The molecular weight excluding hydrogens is 722 g/mol.